The van der Waals surface area contributed by atoms with Crippen molar-refractivity contribution >= 4 is 11.9 Å². The number of hydrogen-bond donors (Lipinski definition) is 1. The molecule has 1 fully saturated rings. The second kappa shape index (κ2) is 4.96. The predicted molar refractivity (Wildman–Crippen MR) is 56.6 cm³/mol. The van der Waals surface area contributed by atoms with E-state index in [0.717, 1.165) is 0 Å². The fraction of sp³-hybridized carbons (Fsp3) is 0.500. The van der Waals surface area contributed by atoms with Crippen LogP contribution < -0.4 is 0 Å². The molecule has 0 aromatic carbocycles. The number of morpholine rings is 1. The molecule has 0 bridgehead atoms. The number of carbonyl (C=O) groups is 2. The molecule has 17 heavy (non-hydrogen) atoms. The highest BCUT2D eigenvalue weighted by molar-refractivity contribution is 5.85. The van der Waals surface area contributed by atoms with Crippen LogP contribution in [0.25, 0.3) is 0 Å². The van der Waals surface area contributed by atoms with Crippen LogP contribution in [0.1, 0.15) is 10.5 Å². The molecule has 0 spiro atoms. The summed E-state index contributed by atoms with van der Waals surface area (Å²) in [6.07, 6.45) is 1.49. The molecule has 0 aliphatic carbocycles. The van der Waals surface area contributed by atoms with E-state index < -0.39 is 5.97 Å². The minimum Gasteiger partial charge on any atom is -0.476 e. The molecule has 1 aromatic heterocycles. The second-order valence-electron chi connectivity index (χ2n) is 3.70. The summed E-state index contributed by atoms with van der Waals surface area (Å²) in [6.45, 7) is 2.31. The Balaban J connectivity index is 1.94. The van der Waals surface area contributed by atoms with Gasteiger partial charge in [-0.3, -0.25) is 9.48 Å². The Kier molecular flexibility index (Phi) is 3.38. The molecule has 1 aromatic rings. The van der Waals surface area contributed by atoms with Gasteiger partial charge < -0.3 is 14.7 Å². The van der Waals surface area contributed by atoms with Crippen molar-refractivity contribution in [2.75, 3.05) is 26.3 Å². The van der Waals surface area contributed by atoms with E-state index >= 15 is 0 Å². The maximum absolute atomic E-state index is 11.8. The average Bonchev–Trinajstić information content (AvgIpc) is 2.79. The van der Waals surface area contributed by atoms with Crippen LogP contribution >= 0.6 is 0 Å². The van der Waals surface area contributed by atoms with Gasteiger partial charge in [0.1, 0.15) is 6.54 Å². The van der Waals surface area contributed by atoms with Crippen molar-refractivity contribution < 1.29 is 19.4 Å². The van der Waals surface area contributed by atoms with E-state index in [1.165, 1.54) is 16.9 Å². The molecule has 1 saturated heterocycles. The van der Waals surface area contributed by atoms with Crippen molar-refractivity contribution in [2.24, 2.45) is 0 Å². The number of amides is 1. The molecule has 0 atom stereocenters. The third-order valence-corrected chi connectivity index (χ3v) is 2.52. The van der Waals surface area contributed by atoms with Gasteiger partial charge in [-0.1, -0.05) is 0 Å². The SMILES string of the molecule is O=C(O)c1ccn(CC(=O)N2CCOCC2)n1. The summed E-state index contributed by atoms with van der Waals surface area (Å²) in [5, 5.41) is 12.5. The van der Waals surface area contributed by atoms with Gasteiger partial charge in [-0.15, -0.1) is 0 Å². The molecule has 7 heteroatoms. The van der Waals surface area contributed by atoms with Gasteiger partial charge in [0.05, 0.1) is 13.2 Å². The van der Waals surface area contributed by atoms with Crippen molar-refractivity contribution in [3.05, 3.63) is 18.0 Å². The summed E-state index contributed by atoms with van der Waals surface area (Å²) in [5.41, 5.74) is -0.0558. The minimum absolute atomic E-state index is 0.0558. The standard InChI is InChI=1S/C10H13N3O4/c14-9(12-3-5-17-6-4-12)7-13-2-1-8(11-13)10(15)16/h1-2H,3-7H2,(H,15,16). The number of carboxylic acid groups (broad SMARTS) is 1. The van der Waals surface area contributed by atoms with Crippen molar-refractivity contribution in [2.45, 2.75) is 6.54 Å². The Morgan fingerprint density at radius 2 is 2.12 bits per heavy atom. The van der Waals surface area contributed by atoms with E-state index in [4.69, 9.17) is 9.84 Å². The molecule has 2 rings (SSSR count). The topological polar surface area (TPSA) is 84.7 Å². The van der Waals surface area contributed by atoms with Gasteiger partial charge in [0.15, 0.2) is 5.69 Å². The van der Waals surface area contributed by atoms with Crippen LogP contribution in [0.5, 0.6) is 0 Å². The van der Waals surface area contributed by atoms with Crippen LogP contribution in [0, 0.1) is 0 Å². The first-order valence-electron chi connectivity index (χ1n) is 5.29. The summed E-state index contributed by atoms with van der Waals surface area (Å²) in [5.74, 6) is -1.17. The zero-order valence-corrected chi connectivity index (χ0v) is 9.20. The first kappa shape index (κ1) is 11.6. The maximum Gasteiger partial charge on any atom is 0.356 e. The lowest BCUT2D eigenvalue weighted by atomic mass is 10.4. The number of carboxylic acids is 1. The van der Waals surface area contributed by atoms with Crippen LogP contribution in [0.3, 0.4) is 0 Å². The van der Waals surface area contributed by atoms with Crippen molar-refractivity contribution in [1.82, 2.24) is 14.7 Å². The lowest BCUT2D eigenvalue weighted by molar-refractivity contribution is -0.136. The smallest absolute Gasteiger partial charge is 0.356 e. The maximum atomic E-state index is 11.8. The van der Waals surface area contributed by atoms with Gasteiger partial charge >= 0.3 is 5.97 Å². The number of nitrogens with zero attached hydrogens (tertiary/aromatic N) is 3. The van der Waals surface area contributed by atoms with Crippen LogP contribution in [0.2, 0.25) is 0 Å². The number of carbonyl (C=O) groups excluding carboxylic acids is 1. The lowest BCUT2D eigenvalue weighted by Gasteiger charge is -2.26. The molecule has 92 valence electrons. The molecular weight excluding hydrogens is 226 g/mol. The van der Waals surface area contributed by atoms with Crippen LogP contribution in [0.15, 0.2) is 12.3 Å². The van der Waals surface area contributed by atoms with Crippen molar-refractivity contribution in [3.8, 4) is 0 Å². The Labute approximate surface area is 97.6 Å². The number of aromatic nitrogens is 2. The summed E-state index contributed by atoms with van der Waals surface area (Å²) >= 11 is 0. The Hall–Kier alpha value is -1.89. The summed E-state index contributed by atoms with van der Waals surface area (Å²) < 4.78 is 6.48. The van der Waals surface area contributed by atoms with Crippen LogP contribution in [0.4, 0.5) is 0 Å². The Morgan fingerprint density at radius 3 is 2.71 bits per heavy atom. The molecular formula is C10H13N3O4. The highest BCUT2D eigenvalue weighted by atomic mass is 16.5. The minimum atomic E-state index is -1.09. The Bertz CT molecular complexity index is 423. The largest absolute Gasteiger partial charge is 0.476 e. The van der Waals surface area contributed by atoms with E-state index in [-0.39, 0.29) is 18.1 Å². The fourth-order valence-electron chi connectivity index (χ4n) is 1.62. The van der Waals surface area contributed by atoms with Gasteiger partial charge in [-0.05, 0) is 6.07 Å². The quantitative estimate of drug-likeness (QED) is 0.764. The number of ether oxygens (including phenoxy) is 1. The van der Waals surface area contributed by atoms with Gasteiger partial charge in [0.2, 0.25) is 5.91 Å². The molecule has 0 radical (unpaired) electrons. The van der Waals surface area contributed by atoms with Gasteiger partial charge in [-0.25, -0.2) is 4.79 Å². The summed E-state index contributed by atoms with van der Waals surface area (Å²) in [7, 11) is 0. The Morgan fingerprint density at radius 1 is 1.41 bits per heavy atom. The molecule has 1 amide bonds. The third-order valence-electron chi connectivity index (χ3n) is 2.52. The number of hydrogen-bond acceptors (Lipinski definition) is 4. The molecule has 1 N–H and O–H groups in total. The van der Waals surface area contributed by atoms with E-state index in [9.17, 15) is 9.59 Å². The zero-order chi connectivity index (χ0) is 12.3. The zero-order valence-electron chi connectivity index (χ0n) is 9.20. The summed E-state index contributed by atoms with van der Waals surface area (Å²) in [4.78, 5) is 24.1. The van der Waals surface area contributed by atoms with E-state index in [1.54, 1.807) is 4.90 Å². The first-order valence-corrected chi connectivity index (χ1v) is 5.29. The number of aromatic carboxylic acids is 1. The molecule has 7 nitrogen and oxygen atoms in total. The van der Waals surface area contributed by atoms with Gasteiger partial charge in [-0.2, -0.15) is 5.10 Å². The van der Waals surface area contributed by atoms with Crippen LogP contribution in [-0.2, 0) is 16.1 Å². The lowest BCUT2D eigenvalue weighted by Crippen LogP contribution is -2.42. The highest BCUT2D eigenvalue weighted by Gasteiger charge is 2.17. The van der Waals surface area contributed by atoms with Gasteiger partial charge in [0, 0.05) is 19.3 Å². The van der Waals surface area contributed by atoms with E-state index in [0.29, 0.717) is 26.3 Å². The van der Waals surface area contributed by atoms with Gasteiger partial charge in [0.25, 0.3) is 0 Å². The third kappa shape index (κ3) is 2.82. The molecule has 0 unspecified atom stereocenters. The summed E-state index contributed by atoms with van der Waals surface area (Å²) in [6, 6.07) is 1.37. The molecule has 0 saturated carbocycles. The highest BCUT2D eigenvalue weighted by Crippen LogP contribution is 2.01. The number of rotatable bonds is 3. The van der Waals surface area contributed by atoms with E-state index in [1.807, 2.05) is 0 Å². The van der Waals surface area contributed by atoms with Crippen molar-refractivity contribution in [3.63, 3.8) is 0 Å². The molecule has 1 aliphatic heterocycles. The normalized spacial score (nSPS) is 15.9. The molecule has 1 aliphatic rings. The molecule has 2 heterocycles. The second-order valence-corrected chi connectivity index (χ2v) is 3.70. The predicted octanol–water partition coefficient (Wildman–Crippen LogP) is -0.560. The first-order chi connectivity index (χ1) is 8.16. The monoisotopic (exact) mass is 239 g/mol. The fourth-order valence-corrected chi connectivity index (χ4v) is 1.62. The average molecular weight is 239 g/mol. The van der Waals surface area contributed by atoms with Crippen molar-refractivity contribution in [1.29, 1.82) is 0 Å². The van der Waals surface area contributed by atoms with Crippen LogP contribution in [-0.4, -0.2) is 58.0 Å². The van der Waals surface area contributed by atoms with E-state index in [2.05, 4.69) is 5.10 Å².